The smallest absolute Gasteiger partial charge is 0.0726 e. The highest BCUT2D eigenvalue weighted by Crippen LogP contribution is 2.65. The van der Waals surface area contributed by atoms with Crippen molar-refractivity contribution >= 4 is 17.1 Å². The third-order valence-corrected chi connectivity index (χ3v) is 16.3. The summed E-state index contributed by atoms with van der Waals surface area (Å²) in [5, 5.41) is 0. The molecule has 1 spiro atoms. The summed E-state index contributed by atoms with van der Waals surface area (Å²) in [5.74, 6) is 0. The predicted octanol–water partition coefficient (Wildman–Crippen LogP) is 17.4. The Morgan fingerprint density at radius 1 is 0.265 bits per heavy atom. The molecule has 0 aromatic heterocycles. The summed E-state index contributed by atoms with van der Waals surface area (Å²) < 4.78 is 0. The second-order valence-corrected chi connectivity index (χ2v) is 20.3. The summed E-state index contributed by atoms with van der Waals surface area (Å²) in [6.07, 6.45) is 0. The second-order valence-electron chi connectivity index (χ2n) is 20.3. The van der Waals surface area contributed by atoms with Gasteiger partial charge in [0, 0.05) is 27.8 Å². The molecule has 68 heavy (non-hydrogen) atoms. The van der Waals surface area contributed by atoms with Crippen molar-refractivity contribution in [3.05, 3.63) is 269 Å². The van der Waals surface area contributed by atoms with E-state index in [0.717, 1.165) is 11.4 Å². The number of hydrogen-bond acceptors (Lipinski definition) is 1. The van der Waals surface area contributed by atoms with E-state index in [4.69, 9.17) is 0 Å². The Kier molecular flexibility index (Phi) is 8.08. The maximum Gasteiger partial charge on any atom is 0.0726 e. The van der Waals surface area contributed by atoms with E-state index in [9.17, 15) is 0 Å². The van der Waals surface area contributed by atoms with Gasteiger partial charge in [-0.2, -0.15) is 0 Å². The number of fused-ring (bicyclic) bond motifs is 16. The van der Waals surface area contributed by atoms with E-state index in [1.54, 1.807) is 0 Å². The van der Waals surface area contributed by atoms with E-state index in [1.807, 2.05) is 0 Å². The first-order valence-electron chi connectivity index (χ1n) is 24.2. The maximum absolute atomic E-state index is 2.55. The van der Waals surface area contributed by atoms with Crippen LogP contribution in [0.15, 0.2) is 224 Å². The Hall–Kier alpha value is -8.00. The van der Waals surface area contributed by atoms with E-state index < -0.39 is 5.41 Å². The van der Waals surface area contributed by atoms with Gasteiger partial charge in [-0.3, -0.25) is 0 Å². The second kappa shape index (κ2) is 14.0. The van der Waals surface area contributed by atoms with Crippen molar-refractivity contribution in [1.29, 1.82) is 0 Å². The van der Waals surface area contributed by atoms with Crippen LogP contribution in [0, 0.1) is 0 Å². The lowest BCUT2D eigenvalue weighted by Crippen LogP contribution is -2.26. The van der Waals surface area contributed by atoms with E-state index in [-0.39, 0.29) is 10.8 Å². The zero-order valence-electron chi connectivity index (χ0n) is 38.8. The van der Waals surface area contributed by atoms with Gasteiger partial charge in [0.2, 0.25) is 0 Å². The minimum Gasteiger partial charge on any atom is -0.310 e. The van der Waals surface area contributed by atoms with Gasteiger partial charge in [0.25, 0.3) is 0 Å². The lowest BCUT2D eigenvalue weighted by molar-refractivity contribution is 0.660. The Balaban J connectivity index is 1.01. The molecule has 14 rings (SSSR count). The van der Waals surface area contributed by atoms with Crippen LogP contribution in [-0.2, 0) is 16.2 Å². The van der Waals surface area contributed by atoms with Crippen LogP contribution in [0.1, 0.15) is 72.2 Å². The normalized spacial score (nSPS) is 16.5. The molecule has 4 aliphatic carbocycles. The van der Waals surface area contributed by atoms with Crippen molar-refractivity contribution in [2.75, 3.05) is 4.90 Å². The van der Waals surface area contributed by atoms with Crippen molar-refractivity contribution in [2.45, 2.75) is 43.9 Å². The molecule has 0 heterocycles. The van der Waals surface area contributed by atoms with Gasteiger partial charge in [0.1, 0.15) is 0 Å². The maximum atomic E-state index is 2.55. The van der Waals surface area contributed by atoms with Crippen molar-refractivity contribution in [2.24, 2.45) is 0 Å². The van der Waals surface area contributed by atoms with Crippen LogP contribution in [0.3, 0.4) is 0 Å². The minimum atomic E-state index is -0.506. The number of benzene rings is 10. The highest BCUT2D eigenvalue weighted by atomic mass is 15.1. The average molecular weight is 868 g/mol. The summed E-state index contributed by atoms with van der Waals surface area (Å²) in [6, 6.07) is 84.9. The summed E-state index contributed by atoms with van der Waals surface area (Å²) in [7, 11) is 0. The molecule has 1 unspecified atom stereocenters. The molecule has 1 nitrogen and oxygen atoms in total. The molecule has 322 valence electrons. The Morgan fingerprint density at radius 3 is 1.47 bits per heavy atom. The van der Waals surface area contributed by atoms with Crippen LogP contribution >= 0.6 is 0 Å². The molecular formula is C67H49N. The summed E-state index contributed by atoms with van der Waals surface area (Å²) in [6.45, 7) is 9.50. The van der Waals surface area contributed by atoms with E-state index in [0.29, 0.717) is 0 Å². The molecule has 0 aliphatic heterocycles. The van der Waals surface area contributed by atoms with E-state index >= 15 is 0 Å². The quantitative estimate of drug-likeness (QED) is 0.167. The van der Waals surface area contributed by atoms with Crippen molar-refractivity contribution < 1.29 is 0 Å². The number of rotatable bonds is 5. The van der Waals surface area contributed by atoms with Crippen LogP contribution < -0.4 is 4.90 Å². The zero-order valence-corrected chi connectivity index (χ0v) is 38.8. The fraction of sp³-hybridized carbons (Fsp3) is 0.104. The molecule has 0 radical (unpaired) electrons. The highest BCUT2D eigenvalue weighted by molar-refractivity contribution is 6.02. The van der Waals surface area contributed by atoms with Crippen molar-refractivity contribution in [1.82, 2.24) is 0 Å². The van der Waals surface area contributed by atoms with Crippen LogP contribution in [0.5, 0.6) is 0 Å². The third kappa shape index (κ3) is 5.11. The van der Waals surface area contributed by atoms with Gasteiger partial charge in [0.05, 0.1) is 11.1 Å². The summed E-state index contributed by atoms with van der Waals surface area (Å²) in [5.41, 5.74) is 29.1. The van der Waals surface area contributed by atoms with Crippen molar-refractivity contribution in [3.63, 3.8) is 0 Å². The largest absolute Gasteiger partial charge is 0.310 e. The fourth-order valence-corrected chi connectivity index (χ4v) is 13.2. The van der Waals surface area contributed by atoms with Crippen LogP contribution in [0.25, 0.3) is 66.8 Å². The molecule has 10 aromatic rings. The standard InChI is InChI=1S/C67H49N/c1-65(2)55-26-13-10-22-52(55)63-47(24-16-29-58(63)65)43-32-35-45(36-33-43)68(46-37-39-50-48-20-8-12-25-54(48)66(3,4)60(50)41-46)62-31-17-30-59-64(62)53-23-11-15-28-57(53)67(59)56-27-14-9-21-49(56)51-38-34-44(40-61(51)67)42-18-6-5-7-19-42/h5-41H,1-4H3. The fourth-order valence-electron chi connectivity index (χ4n) is 13.2. The first-order valence-corrected chi connectivity index (χ1v) is 24.2. The monoisotopic (exact) mass is 867 g/mol. The topological polar surface area (TPSA) is 3.24 Å². The van der Waals surface area contributed by atoms with Gasteiger partial charge >= 0.3 is 0 Å². The molecule has 0 amide bonds. The van der Waals surface area contributed by atoms with Gasteiger partial charge in [0.15, 0.2) is 0 Å². The summed E-state index contributed by atoms with van der Waals surface area (Å²) in [4.78, 5) is 2.55. The number of nitrogens with zero attached hydrogens (tertiary/aromatic N) is 1. The van der Waals surface area contributed by atoms with Gasteiger partial charge in [-0.05, 0) is 142 Å². The van der Waals surface area contributed by atoms with Crippen LogP contribution in [-0.4, -0.2) is 0 Å². The number of hydrogen-bond donors (Lipinski definition) is 0. The van der Waals surface area contributed by atoms with Gasteiger partial charge in [-0.25, -0.2) is 0 Å². The summed E-state index contributed by atoms with van der Waals surface area (Å²) >= 11 is 0. The molecule has 0 saturated heterocycles. The molecule has 0 bridgehead atoms. The van der Waals surface area contributed by atoms with Gasteiger partial charge in [-0.1, -0.05) is 216 Å². The molecule has 10 aromatic carbocycles. The lowest BCUT2D eigenvalue weighted by Gasteiger charge is -2.32. The molecule has 0 fully saturated rings. The average Bonchev–Trinajstić information content (AvgIpc) is 4.02. The molecule has 0 saturated carbocycles. The van der Waals surface area contributed by atoms with Crippen molar-refractivity contribution in [3.8, 4) is 66.8 Å². The molecular weight excluding hydrogens is 819 g/mol. The lowest BCUT2D eigenvalue weighted by atomic mass is 9.70. The van der Waals surface area contributed by atoms with Gasteiger partial charge < -0.3 is 4.90 Å². The Morgan fingerprint density at radius 2 is 0.735 bits per heavy atom. The molecule has 1 atom stereocenters. The zero-order chi connectivity index (χ0) is 45.5. The number of anilines is 3. The third-order valence-electron chi connectivity index (χ3n) is 16.3. The highest BCUT2D eigenvalue weighted by Gasteiger charge is 2.52. The first-order chi connectivity index (χ1) is 33.3. The van der Waals surface area contributed by atoms with E-state index in [1.165, 1.54) is 117 Å². The molecule has 1 heteroatoms. The van der Waals surface area contributed by atoms with Crippen LogP contribution in [0.2, 0.25) is 0 Å². The molecule has 4 aliphatic rings. The Labute approximate surface area is 399 Å². The molecule has 0 N–H and O–H groups in total. The van der Waals surface area contributed by atoms with Crippen LogP contribution in [0.4, 0.5) is 17.1 Å². The van der Waals surface area contributed by atoms with E-state index in [2.05, 4.69) is 257 Å². The minimum absolute atomic E-state index is 0.0650. The SMILES string of the molecule is CC1(C)c2ccccc2-c2ccc(N(c3ccc(-c4cccc5c4-c4ccccc4C5(C)C)cc3)c3cccc4c3-c3ccccc3C43c4ccccc4-c4ccc(-c5ccccc5)cc43)cc21. The predicted molar refractivity (Wildman–Crippen MR) is 283 cm³/mol. The first kappa shape index (κ1) is 39.2. The Bertz CT molecular complexity index is 3740. The van der Waals surface area contributed by atoms with Gasteiger partial charge in [-0.15, -0.1) is 0 Å².